The van der Waals surface area contributed by atoms with Gasteiger partial charge in [0.05, 0.1) is 31.4 Å². The smallest absolute Gasteiger partial charge is 0.241 e. The van der Waals surface area contributed by atoms with Crippen molar-refractivity contribution in [3.8, 4) is 0 Å². The van der Waals surface area contributed by atoms with E-state index in [9.17, 15) is 4.79 Å². The van der Waals surface area contributed by atoms with Gasteiger partial charge in [0, 0.05) is 33.9 Å². The van der Waals surface area contributed by atoms with Crippen LogP contribution >= 0.6 is 24.0 Å². The maximum Gasteiger partial charge on any atom is 0.241 e. The molecule has 1 fully saturated rings. The van der Waals surface area contributed by atoms with E-state index in [1.165, 1.54) is 25.7 Å². The fourth-order valence-corrected chi connectivity index (χ4v) is 2.76. The maximum atomic E-state index is 11.7. The Labute approximate surface area is 172 Å². The van der Waals surface area contributed by atoms with E-state index < -0.39 is 0 Å². The molecule has 0 radical (unpaired) electrons. The second-order valence-electron chi connectivity index (χ2n) is 6.45. The van der Waals surface area contributed by atoms with E-state index >= 15 is 0 Å². The average Bonchev–Trinajstić information content (AvgIpc) is 3.27. The third-order valence-corrected chi connectivity index (χ3v) is 4.27. The van der Waals surface area contributed by atoms with E-state index in [1.54, 1.807) is 26.1 Å². The van der Waals surface area contributed by atoms with E-state index in [4.69, 9.17) is 4.74 Å². The molecule has 26 heavy (non-hydrogen) atoms. The molecule has 1 aromatic heterocycles. The zero-order chi connectivity index (χ0) is 18.1. The van der Waals surface area contributed by atoms with Gasteiger partial charge in [-0.25, -0.2) is 4.99 Å². The monoisotopic (exact) mass is 478 g/mol. The minimum atomic E-state index is -0.00764. The Morgan fingerprint density at radius 1 is 1.38 bits per heavy atom. The lowest BCUT2D eigenvalue weighted by Gasteiger charge is -2.14. The number of amides is 1. The van der Waals surface area contributed by atoms with Crippen LogP contribution in [0.5, 0.6) is 0 Å². The second kappa shape index (κ2) is 12.1. The summed E-state index contributed by atoms with van der Waals surface area (Å²) in [5, 5.41) is 10.8. The van der Waals surface area contributed by atoms with Crippen molar-refractivity contribution in [2.75, 3.05) is 40.9 Å². The number of aromatic nitrogens is 2. The fraction of sp³-hybridized carbons (Fsp3) is 0.706. The molecular formula is C17H31IN6O2. The van der Waals surface area contributed by atoms with E-state index in [1.807, 2.05) is 12.3 Å². The molecule has 2 N–H and O–H groups in total. The van der Waals surface area contributed by atoms with Crippen LogP contribution in [0.4, 0.5) is 0 Å². The third kappa shape index (κ3) is 7.48. The van der Waals surface area contributed by atoms with Gasteiger partial charge in [-0.05, 0) is 18.9 Å². The van der Waals surface area contributed by atoms with Gasteiger partial charge < -0.3 is 20.3 Å². The van der Waals surface area contributed by atoms with Crippen LogP contribution in [0.15, 0.2) is 17.3 Å². The molecule has 1 aromatic rings. The number of halogens is 1. The Bertz CT molecular complexity index is 569. The number of nitrogens with zero attached hydrogens (tertiary/aromatic N) is 4. The van der Waals surface area contributed by atoms with Gasteiger partial charge in [-0.15, -0.1) is 24.0 Å². The predicted molar refractivity (Wildman–Crippen MR) is 113 cm³/mol. The highest BCUT2D eigenvalue weighted by Crippen LogP contribution is 2.28. The van der Waals surface area contributed by atoms with Crippen molar-refractivity contribution in [2.24, 2.45) is 4.99 Å². The molecule has 0 aliphatic heterocycles. The SMILES string of the molecule is COCCNC(=NCc1ccn(C2CCCC2)n1)NCC(=O)N(C)C.I. The predicted octanol–water partition coefficient (Wildman–Crippen LogP) is 1.39. The number of hydrogen-bond acceptors (Lipinski definition) is 4. The second-order valence-corrected chi connectivity index (χ2v) is 6.45. The van der Waals surface area contributed by atoms with Gasteiger partial charge in [-0.2, -0.15) is 5.10 Å². The molecule has 1 amide bonds. The van der Waals surface area contributed by atoms with Gasteiger partial charge in [-0.1, -0.05) is 12.8 Å². The Kier molecular flexibility index (Phi) is 10.6. The summed E-state index contributed by atoms with van der Waals surface area (Å²) >= 11 is 0. The molecule has 1 heterocycles. The normalized spacial score (nSPS) is 14.8. The highest BCUT2D eigenvalue weighted by molar-refractivity contribution is 14.0. The minimum absolute atomic E-state index is 0. The van der Waals surface area contributed by atoms with Crippen LogP contribution in [0.2, 0.25) is 0 Å². The summed E-state index contributed by atoms with van der Waals surface area (Å²) in [7, 11) is 5.11. The molecule has 0 saturated heterocycles. The topological polar surface area (TPSA) is 83.8 Å². The molecule has 148 valence electrons. The highest BCUT2D eigenvalue weighted by atomic mass is 127. The van der Waals surface area contributed by atoms with Crippen molar-refractivity contribution >= 4 is 35.8 Å². The van der Waals surface area contributed by atoms with E-state index in [2.05, 4.69) is 25.4 Å². The van der Waals surface area contributed by atoms with Crippen LogP contribution in [0, 0.1) is 0 Å². The van der Waals surface area contributed by atoms with Crippen molar-refractivity contribution in [2.45, 2.75) is 38.3 Å². The lowest BCUT2D eigenvalue weighted by molar-refractivity contribution is -0.127. The van der Waals surface area contributed by atoms with Crippen molar-refractivity contribution < 1.29 is 9.53 Å². The molecule has 2 rings (SSSR count). The zero-order valence-corrected chi connectivity index (χ0v) is 18.2. The number of likely N-dealkylation sites (N-methyl/N-ethyl adjacent to an activating group) is 1. The summed E-state index contributed by atoms with van der Waals surface area (Å²) in [5.74, 6) is 0.578. The van der Waals surface area contributed by atoms with Crippen LogP contribution in [0.25, 0.3) is 0 Å². The number of methoxy groups -OCH3 is 1. The fourth-order valence-electron chi connectivity index (χ4n) is 2.76. The number of hydrogen-bond donors (Lipinski definition) is 2. The molecule has 1 aliphatic rings. The molecule has 1 aliphatic carbocycles. The average molecular weight is 478 g/mol. The molecule has 0 unspecified atom stereocenters. The van der Waals surface area contributed by atoms with Crippen molar-refractivity contribution in [1.82, 2.24) is 25.3 Å². The quantitative estimate of drug-likeness (QED) is 0.256. The number of carbonyl (C=O) groups excluding carboxylic acids is 1. The van der Waals surface area contributed by atoms with Crippen LogP contribution in [-0.2, 0) is 16.1 Å². The highest BCUT2D eigenvalue weighted by Gasteiger charge is 2.17. The van der Waals surface area contributed by atoms with Crippen molar-refractivity contribution in [3.05, 3.63) is 18.0 Å². The summed E-state index contributed by atoms with van der Waals surface area (Å²) in [4.78, 5) is 17.8. The first kappa shape index (κ1) is 22.7. The lowest BCUT2D eigenvalue weighted by Crippen LogP contribution is -2.43. The third-order valence-electron chi connectivity index (χ3n) is 4.27. The Morgan fingerprint density at radius 2 is 2.12 bits per heavy atom. The first-order valence-electron chi connectivity index (χ1n) is 8.85. The van der Waals surface area contributed by atoms with Gasteiger partial charge >= 0.3 is 0 Å². The number of rotatable bonds is 8. The number of ether oxygens (including phenoxy) is 1. The van der Waals surface area contributed by atoms with Crippen molar-refractivity contribution in [3.63, 3.8) is 0 Å². The lowest BCUT2D eigenvalue weighted by atomic mass is 10.3. The summed E-state index contributed by atoms with van der Waals surface area (Å²) in [6, 6.07) is 2.55. The van der Waals surface area contributed by atoms with Gasteiger partial charge in [0.2, 0.25) is 5.91 Å². The summed E-state index contributed by atoms with van der Waals surface area (Å²) in [6.45, 7) is 1.86. The molecule has 9 heteroatoms. The minimum Gasteiger partial charge on any atom is -0.383 e. The van der Waals surface area contributed by atoms with Gasteiger partial charge in [0.15, 0.2) is 5.96 Å². The molecular weight excluding hydrogens is 447 g/mol. The van der Waals surface area contributed by atoms with Crippen molar-refractivity contribution in [1.29, 1.82) is 0 Å². The van der Waals surface area contributed by atoms with Crippen LogP contribution in [0.3, 0.4) is 0 Å². The summed E-state index contributed by atoms with van der Waals surface area (Å²) < 4.78 is 7.11. The first-order chi connectivity index (χ1) is 12.1. The standard InChI is InChI=1S/C17H30N6O2.HI/c1-22(2)16(24)13-20-17(18-9-11-25-3)19-12-14-8-10-23(21-14)15-6-4-5-7-15;/h8,10,15H,4-7,9,11-13H2,1-3H3,(H2,18,19,20);1H. The molecule has 0 bridgehead atoms. The molecule has 0 atom stereocenters. The molecule has 0 spiro atoms. The maximum absolute atomic E-state index is 11.7. The van der Waals surface area contributed by atoms with Gasteiger partial charge in [0.1, 0.15) is 0 Å². The molecule has 8 nitrogen and oxygen atoms in total. The van der Waals surface area contributed by atoms with Crippen LogP contribution < -0.4 is 10.6 Å². The largest absolute Gasteiger partial charge is 0.383 e. The Hall–Kier alpha value is -1.36. The number of guanidine groups is 1. The summed E-state index contributed by atoms with van der Waals surface area (Å²) in [5.41, 5.74) is 0.929. The molecule has 1 saturated carbocycles. The Morgan fingerprint density at radius 3 is 2.77 bits per heavy atom. The summed E-state index contributed by atoms with van der Waals surface area (Å²) in [6.07, 6.45) is 7.04. The van der Waals surface area contributed by atoms with E-state index in [-0.39, 0.29) is 36.4 Å². The first-order valence-corrected chi connectivity index (χ1v) is 8.85. The zero-order valence-electron chi connectivity index (χ0n) is 15.9. The van der Waals surface area contributed by atoms with Crippen LogP contribution in [-0.4, -0.2) is 67.4 Å². The Balaban J connectivity index is 0.00000338. The van der Waals surface area contributed by atoms with Crippen LogP contribution in [0.1, 0.15) is 37.4 Å². The number of carbonyl (C=O) groups is 1. The van der Waals surface area contributed by atoms with Gasteiger partial charge in [0.25, 0.3) is 0 Å². The molecule has 0 aromatic carbocycles. The number of aliphatic imine (C=N–C) groups is 1. The number of nitrogens with one attached hydrogen (secondary N) is 2. The van der Waals surface area contributed by atoms with E-state index in [0.717, 1.165) is 5.69 Å². The van der Waals surface area contributed by atoms with E-state index in [0.29, 0.717) is 31.7 Å². The van der Waals surface area contributed by atoms with Gasteiger partial charge in [-0.3, -0.25) is 9.48 Å².